The van der Waals surface area contributed by atoms with Crippen LogP contribution in [0.4, 0.5) is 0 Å². The molecule has 0 amide bonds. The third-order valence-electron chi connectivity index (χ3n) is 4.59. The van der Waals surface area contributed by atoms with Crippen LogP contribution in [-0.4, -0.2) is 37.6 Å². The van der Waals surface area contributed by atoms with Crippen molar-refractivity contribution < 1.29 is 0 Å². The van der Waals surface area contributed by atoms with E-state index in [-0.39, 0.29) is 0 Å². The van der Waals surface area contributed by atoms with Gasteiger partial charge in [0.15, 0.2) is 0 Å². The first kappa shape index (κ1) is 13.4. The maximum absolute atomic E-state index is 3.53. The van der Waals surface area contributed by atoms with Crippen molar-refractivity contribution in [1.29, 1.82) is 0 Å². The Kier molecular flexibility index (Phi) is 4.87. The molecule has 0 aliphatic carbocycles. The van der Waals surface area contributed by atoms with Crippen LogP contribution in [0, 0.1) is 11.3 Å². The van der Waals surface area contributed by atoms with Crippen molar-refractivity contribution in [3.63, 3.8) is 0 Å². The molecular formula is C15H30N2. The summed E-state index contributed by atoms with van der Waals surface area (Å²) in [4.78, 5) is 2.71. The normalized spacial score (nSPS) is 28.9. The Labute approximate surface area is 107 Å². The number of piperidine rings is 1. The number of nitrogens with zero attached hydrogens (tertiary/aromatic N) is 1. The van der Waals surface area contributed by atoms with Crippen molar-refractivity contribution in [3.8, 4) is 0 Å². The molecule has 0 saturated carbocycles. The average Bonchev–Trinajstić information content (AvgIpc) is 2.29. The Bertz CT molecular complexity index is 207. The van der Waals surface area contributed by atoms with Gasteiger partial charge in [-0.05, 0) is 50.1 Å². The molecule has 100 valence electrons. The van der Waals surface area contributed by atoms with Crippen molar-refractivity contribution in [2.24, 2.45) is 11.3 Å². The van der Waals surface area contributed by atoms with Crippen LogP contribution in [-0.2, 0) is 0 Å². The van der Waals surface area contributed by atoms with Crippen LogP contribution in [0.3, 0.4) is 0 Å². The number of rotatable bonds is 6. The second-order valence-corrected chi connectivity index (χ2v) is 6.38. The van der Waals surface area contributed by atoms with Crippen LogP contribution in [0.25, 0.3) is 0 Å². The Morgan fingerprint density at radius 1 is 1.18 bits per heavy atom. The Balaban J connectivity index is 1.71. The SMILES string of the molecule is CCCC1(CCC)CN(CC2CCCNC2)C1. The quantitative estimate of drug-likeness (QED) is 0.765. The molecule has 0 aromatic rings. The van der Waals surface area contributed by atoms with Crippen LogP contribution >= 0.6 is 0 Å². The Hall–Kier alpha value is -0.0800. The summed E-state index contributed by atoms with van der Waals surface area (Å²) in [5.41, 5.74) is 0.700. The van der Waals surface area contributed by atoms with E-state index in [9.17, 15) is 0 Å². The van der Waals surface area contributed by atoms with Crippen LogP contribution in [0.5, 0.6) is 0 Å². The molecule has 0 spiro atoms. The van der Waals surface area contributed by atoms with Crippen LogP contribution in [0.15, 0.2) is 0 Å². The first-order chi connectivity index (χ1) is 8.28. The fourth-order valence-electron chi connectivity index (χ4n) is 3.98. The zero-order valence-corrected chi connectivity index (χ0v) is 11.8. The van der Waals surface area contributed by atoms with Crippen molar-refractivity contribution in [2.75, 3.05) is 32.7 Å². The minimum absolute atomic E-state index is 0.700. The summed E-state index contributed by atoms with van der Waals surface area (Å²) >= 11 is 0. The standard InChI is InChI=1S/C15H30N2/c1-3-7-15(8-4-2)12-17(13-15)11-14-6-5-9-16-10-14/h14,16H,3-13H2,1-2H3. The summed E-state index contributed by atoms with van der Waals surface area (Å²) in [7, 11) is 0. The van der Waals surface area contributed by atoms with Crippen molar-refractivity contribution in [1.82, 2.24) is 10.2 Å². The molecule has 0 bridgehead atoms. The average molecular weight is 238 g/mol. The summed E-state index contributed by atoms with van der Waals surface area (Å²) in [6.45, 7) is 11.3. The fourth-order valence-corrected chi connectivity index (χ4v) is 3.98. The number of likely N-dealkylation sites (tertiary alicyclic amines) is 1. The smallest absolute Gasteiger partial charge is 0.00506 e. The first-order valence-electron chi connectivity index (χ1n) is 7.71. The minimum atomic E-state index is 0.700. The summed E-state index contributed by atoms with van der Waals surface area (Å²) in [6.07, 6.45) is 8.43. The summed E-state index contributed by atoms with van der Waals surface area (Å²) in [5.74, 6) is 0.921. The van der Waals surface area contributed by atoms with E-state index in [0.29, 0.717) is 5.41 Å². The molecule has 17 heavy (non-hydrogen) atoms. The highest BCUT2D eigenvalue weighted by Crippen LogP contribution is 2.40. The van der Waals surface area contributed by atoms with Gasteiger partial charge in [0.25, 0.3) is 0 Å². The van der Waals surface area contributed by atoms with Crippen molar-refractivity contribution >= 4 is 0 Å². The minimum Gasteiger partial charge on any atom is -0.316 e. The fraction of sp³-hybridized carbons (Fsp3) is 1.00. The van der Waals surface area contributed by atoms with Gasteiger partial charge in [-0.3, -0.25) is 0 Å². The van der Waals surface area contributed by atoms with Gasteiger partial charge in [-0.25, -0.2) is 0 Å². The van der Waals surface area contributed by atoms with Gasteiger partial charge in [0.05, 0.1) is 0 Å². The maximum Gasteiger partial charge on any atom is 0.00506 e. The molecule has 2 fully saturated rings. The number of hydrogen-bond acceptors (Lipinski definition) is 2. The lowest BCUT2D eigenvalue weighted by atomic mass is 9.72. The molecule has 0 radical (unpaired) electrons. The molecule has 2 nitrogen and oxygen atoms in total. The van der Waals surface area contributed by atoms with Crippen molar-refractivity contribution in [3.05, 3.63) is 0 Å². The molecule has 2 heterocycles. The summed E-state index contributed by atoms with van der Waals surface area (Å²) in [5, 5.41) is 3.53. The maximum atomic E-state index is 3.53. The van der Waals surface area contributed by atoms with Crippen LogP contribution in [0.1, 0.15) is 52.4 Å². The number of nitrogens with one attached hydrogen (secondary N) is 1. The predicted molar refractivity (Wildman–Crippen MR) is 74.3 cm³/mol. The summed E-state index contributed by atoms with van der Waals surface area (Å²) < 4.78 is 0. The van der Waals surface area contributed by atoms with E-state index in [1.54, 1.807) is 0 Å². The monoisotopic (exact) mass is 238 g/mol. The Morgan fingerprint density at radius 3 is 2.41 bits per heavy atom. The van der Waals surface area contributed by atoms with Gasteiger partial charge in [0.2, 0.25) is 0 Å². The molecule has 1 atom stereocenters. The van der Waals surface area contributed by atoms with Crippen LogP contribution in [0.2, 0.25) is 0 Å². The molecule has 2 saturated heterocycles. The molecule has 2 aliphatic heterocycles. The second-order valence-electron chi connectivity index (χ2n) is 6.38. The van der Waals surface area contributed by atoms with E-state index in [1.165, 1.54) is 71.2 Å². The Morgan fingerprint density at radius 2 is 1.88 bits per heavy atom. The zero-order valence-electron chi connectivity index (χ0n) is 11.8. The molecule has 2 aliphatic rings. The highest BCUT2D eigenvalue weighted by Gasteiger charge is 2.41. The molecule has 2 rings (SSSR count). The zero-order chi connectivity index (χ0) is 12.1. The van der Waals surface area contributed by atoms with Gasteiger partial charge < -0.3 is 10.2 Å². The van der Waals surface area contributed by atoms with E-state index < -0.39 is 0 Å². The highest BCUT2D eigenvalue weighted by atomic mass is 15.2. The topological polar surface area (TPSA) is 15.3 Å². The lowest BCUT2D eigenvalue weighted by molar-refractivity contribution is -0.0257. The van der Waals surface area contributed by atoms with E-state index in [4.69, 9.17) is 0 Å². The molecule has 2 heteroatoms. The van der Waals surface area contributed by atoms with E-state index in [2.05, 4.69) is 24.1 Å². The second kappa shape index (κ2) is 6.19. The molecule has 1 unspecified atom stereocenters. The third-order valence-corrected chi connectivity index (χ3v) is 4.59. The highest BCUT2D eigenvalue weighted by molar-refractivity contribution is 4.95. The van der Waals surface area contributed by atoms with E-state index in [0.717, 1.165) is 5.92 Å². The molecule has 0 aromatic heterocycles. The van der Waals surface area contributed by atoms with E-state index >= 15 is 0 Å². The first-order valence-corrected chi connectivity index (χ1v) is 7.71. The van der Waals surface area contributed by atoms with Gasteiger partial charge in [-0.2, -0.15) is 0 Å². The summed E-state index contributed by atoms with van der Waals surface area (Å²) in [6, 6.07) is 0. The van der Waals surface area contributed by atoms with Gasteiger partial charge in [0, 0.05) is 19.6 Å². The van der Waals surface area contributed by atoms with Crippen LogP contribution < -0.4 is 5.32 Å². The lowest BCUT2D eigenvalue weighted by Crippen LogP contribution is -2.58. The lowest BCUT2D eigenvalue weighted by Gasteiger charge is -2.52. The largest absolute Gasteiger partial charge is 0.316 e. The molecule has 0 aromatic carbocycles. The number of hydrogen-bond donors (Lipinski definition) is 1. The van der Waals surface area contributed by atoms with Gasteiger partial charge in [0.1, 0.15) is 0 Å². The molecule has 1 N–H and O–H groups in total. The molecular weight excluding hydrogens is 208 g/mol. The third kappa shape index (κ3) is 3.45. The van der Waals surface area contributed by atoms with Gasteiger partial charge in [-0.1, -0.05) is 26.7 Å². The van der Waals surface area contributed by atoms with E-state index in [1.807, 2.05) is 0 Å². The predicted octanol–water partition coefficient (Wildman–Crippen LogP) is 2.89. The van der Waals surface area contributed by atoms with Gasteiger partial charge in [-0.15, -0.1) is 0 Å². The van der Waals surface area contributed by atoms with Crippen molar-refractivity contribution in [2.45, 2.75) is 52.4 Å². The van der Waals surface area contributed by atoms with Gasteiger partial charge >= 0.3 is 0 Å².